The van der Waals surface area contributed by atoms with Gasteiger partial charge < -0.3 is 35.6 Å². The molecule has 0 unspecified atom stereocenters. The number of carbonyl (C=O) groups excluding carboxylic acids is 2. The van der Waals surface area contributed by atoms with Gasteiger partial charge in [0.2, 0.25) is 0 Å². The number of amides is 3. The first-order chi connectivity index (χ1) is 18.7. The predicted molar refractivity (Wildman–Crippen MR) is 140 cm³/mol. The molecule has 3 heterocycles. The second-order valence-corrected chi connectivity index (χ2v) is 10.8. The third-order valence-corrected chi connectivity index (χ3v) is 6.33. The number of nitrogens with one attached hydrogen (secondary N) is 2. The van der Waals surface area contributed by atoms with Crippen LogP contribution in [0.15, 0.2) is 18.2 Å². The molecule has 40 heavy (non-hydrogen) atoms. The molecular formula is C26H34F3N7O4. The van der Waals surface area contributed by atoms with E-state index in [1.165, 1.54) is 6.07 Å². The van der Waals surface area contributed by atoms with Crippen LogP contribution in [-0.4, -0.2) is 63.8 Å². The molecule has 0 bridgehead atoms. The Labute approximate surface area is 230 Å². The van der Waals surface area contributed by atoms with Crippen molar-refractivity contribution in [3.63, 3.8) is 0 Å². The maximum absolute atomic E-state index is 13.4. The lowest BCUT2D eigenvalue weighted by Crippen LogP contribution is -2.46. The fourth-order valence-electron chi connectivity index (χ4n) is 4.44. The highest BCUT2D eigenvalue weighted by Gasteiger charge is 2.34. The largest absolute Gasteiger partial charge is 0.444 e. The Kier molecular flexibility index (Phi) is 8.28. The maximum atomic E-state index is 13.4. The van der Waals surface area contributed by atoms with Crippen LogP contribution in [0.2, 0.25) is 0 Å². The number of hydrogen-bond donors (Lipinski definition) is 3. The number of nitrogens with two attached hydrogens (primary N) is 1. The Morgan fingerprint density at radius 3 is 2.45 bits per heavy atom. The molecule has 1 fully saturated rings. The van der Waals surface area contributed by atoms with Crippen molar-refractivity contribution in [1.29, 1.82) is 0 Å². The Balaban J connectivity index is 1.60. The second kappa shape index (κ2) is 11.4. The molecule has 4 rings (SSSR count). The van der Waals surface area contributed by atoms with Crippen LogP contribution in [0.5, 0.6) is 0 Å². The smallest absolute Gasteiger partial charge is 0.416 e. The number of aromatic nitrogens is 2. The maximum Gasteiger partial charge on any atom is 0.416 e. The van der Waals surface area contributed by atoms with Crippen molar-refractivity contribution in [3.8, 4) is 0 Å². The molecule has 4 N–H and O–H groups in total. The predicted octanol–water partition coefficient (Wildman–Crippen LogP) is 4.04. The van der Waals surface area contributed by atoms with Crippen LogP contribution in [-0.2, 0) is 35.3 Å². The van der Waals surface area contributed by atoms with Crippen molar-refractivity contribution in [2.75, 3.05) is 37.4 Å². The minimum absolute atomic E-state index is 0.0177. The molecule has 0 spiro atoms. The van der Waals surface area contributed by atoms with Gasteiger partial charge in [0, 0.05) is 24.3 Å². The molecule has 218 valence electrons. The number of fused-ring (bicyclic) bond motifs is 1. The molecular weight excluding hydrogens is 531 g/mol. The van der Waals surface area contributed by atoms with E-state index in [1.54, 1.807) is 37.5 Å². The minimum Gasteiger partial charge on any atom is -0.444 e. The van der Waals surface area contributed by atoms with E-state index in [1.807, 2.05) is 0 Å². The highest BCUT2D eigenvalue weighted by atomic mass is 19.4. The standard InChI is InChI=1S/C26H34F3N7O4/c1-15(16-9-17(26(27,28)29)11-18(30)10-16)32-22-19-13-36(24(38)35-5-7-39-8-6-35)14-20(19)33-21(34-22)12-31-23(37)40-25(2,3)4/h9-11,15H,5-8,12-14,30H2,1-4H3,(H,31,37)(H,32,33,34)/t15-/m1/s1. The number of hydrogen-bond acceptors (Lipinski definition) is 8. The summed E-state index contributed by atoms with van der Waals surface area (Å²) in [6.07, 6.45) is -5.20. The van der Waals surface area contributed by atoms with Crippen LogP contribution in [0, 0.1) is 0 Å². The van der Waals surface area contributed by atoms with Crippen molar-refractivity contribution in [3.05, 3.63) is 46.4 Å². The average Bonchev–Trinajstić information content (AvgIpc) is 3.30. The number of urea groups is 1. The first-order valence-electron chi connectivity index (χ1n) is 12.9. The van der Waals surface area contributed by atoms with Crippen LogP contribution in [0.1, 0.15) is 61.9 Å². The number of alkyl carbamates (subject to hydrolysis) is 1. The molecule has 3 amide bonds. The lowest BCUT2D eigenvalue weighted by atomic mass is 10.0. The lowest BCUT2D eigenvalue weighted by Gasteiger charge is -2.30. The molecule has 14 heteroatoms. The van der Waals surface area contributed by atoms with Crippen molar-refractivity contribution >= 4 is 23.6 Å². The molecule has 1 aromatic carbocycles. The molecule has 0 radical (unpaired) electrons. The molecule has 2 aliphatic rings. The molecule has 1 aromatic heterocycles. The van der Waals surface area contributed by atoms with Gasteiger partial charge in [0.25, 0.3) is 0 Å². The number of alkyl halides is 3. The summed E-state index contributed by atoms with van der Waals surface area (Å²) >= 11 is 0. The van der Waals surface area contributed by atoms with Gasteiger partial charge in [-0.25, -0.2) is 19.6 Å². The number of halogens is 3. The minimum atomic E-state index is -4.55. The Morgan fingerprint density at radius 2 is 1.80 bits per heavy atom. The molecule has 11 nitrogen and oxygen atoms in total. The number of nitrogen functional groups attached to an aromatic ring is 1. The van der Waals surface area contributed by atoms with Gasteiger partial charge in [-0.05, 0) is 51.5 Å². The Hall–Kier alpha value is -3.81. The number of carbonyl (C=O) groups is 2. The van der Waals surface area contributed by atoms with Gasteiger partial charge in [0.05, 0.1) is 50.1 Å². The molecule has 2 aliphatic heterocycles. The van der Waals surface area contributed by atoms with Crippen LogP contribution in [0.25, 0.3) is 0 Å². The van der Waals surface area contributed by atoms with Crippen molar-refractivity contribution in [2.45, 2.75) is 65.1 Å². The van der Waals surface area contributed by atoms with Crippen LogP contribution in [0.3, 0.4) is 0 Å². The van der Waals surface area contributed by atoms with E-state index in [9.17, 15) is 22.8 Å². The Morgan fingerprint density at radius 1 is 1.10 bits per heavy atom. The van der Waals surface area contributed by atoms with Crippen molar-refractivity contribution in [1.82, 2.24) is 25.1 Å². The topological polar surface area (TPSA) is 135 Å². The Bertz CT molecular complexity index is 1260. The second-order valence-electron chi connectivity index (χ2n) is 10.8. The summed E-state index contributed by atoms with van der Waals surface area (Å²) in [5, 5.41) is 5.80. The van der Waals surface area contributed by atoms with Gasteiger partial charge in [-0.15, -0.1) is 0 Å². The summed E-state index contributed by atoms with van der Waals surface area (Å²) in [6.45, 7) is 9.13. The van der Waals surface area contributed by atoms with Crippen molar-refractivity contribution < 1.29 is 32.2 Å². The molecule has 1 atom stereocenters. The van der Waals surface area contributed by atoms with Crippen LogP contribution >= 0.6 is 0 Å². The molecule has 0 saturated carbocycles. The third-order valence-electron chi connectivity index (χ3n) is 6.33. The summed E-state index contributed by atoms with van der Waals surface area (Å²) in [5.41, 5.74) is 5.74. The quantitative estimate of drug-likeness (QED) is 0.463. The zero-order valence-corrected chi connectivity index (χ0v) is 22.9. The first-order valence-corrected chi connectivity index (χ1v) is 12.9. The summed E-state index contributed by atoms with van der Waals surface area (Å²) in [4.78, 5) is 37.8. The fourth-order valence-corrected chi connectivity index (χ4v) is 4.44. The number of ether oxygens (including phenoxy) is 2. The summed E-state index contributed by atoms with van der Waals surface area (Å²) in [7, 11) is 0. The zero-order chi connectivity index (χ0) is 29.2. The van der Waals surface area contributed by atoms with Crippen molar-refractivity contribution in [2.24, 2.45) is 0 Å². The van der Waals surface area contributed by atoms with Gasteiger partial charge in [0.15, 0.2) is 0 Å². The normalized spacial score (nSPS) is 16.4. The summed E-state index contributed by atoms with van der Waals surface area (Å²) in [6, 6.07) is 2.59. The number of nitrogens with zero attached hydrogens (tertiary/aromatic N) is 4. The first kappa shape index (κ1) is 29.2. The van der Waals surface area contributed by atoms with E-state index >= 15 is 0 Å². The van der Waals surface area contributed by atoms with Gasteiger partial charge in [-0.3, -0.25) is 0 Å². The summed E-state index contributed by atoms with van der Waals surface area (Å²) in [5.74, 6) is 0.607. The molecule has 2 aromatic rings. The SMILES string of the molecule is C[C@@H](Nc1nc(CNC(=O)OC(C)(C)C)nc2c1CN(C(=O)N1CCOCC1)C2)c1cc(N)cc(C(F)(F)F)c1. The third kappa shape index (κ3) is 7.23. The number of anilines is 2. The molecule has 0 aliphatic carbocycles. The fraction of sp³-hybridized carbons (Fsp3) is 0.538. The van der Waals surface area contributed by atoms with Gasteiger partial charge in [-0.1, -0.05) is 0 Å². The number of morpholine rings is 1. The lowest BCUT2D eigenvalue weighted by molar-refractivity contribution is -0.137. The van der Waals surface area contributed by atoms with E-state index < -0.39 is 29.5 Å². The summed E-state index contributed by atoms with van der Waals surface area (Å²) < 4.78 is 50.8. The highest BCUT2D eigenvalue weighted by Crippen LogP contribution is 2.35. The highest BCUT2D eigenvalue weighted by molar-refractivity contribution is 5.76. The average molecular weight is 566 g/mol. The van der Waals surface area contributed by atoms with E-state index in [0.29, 0.717) is 48.9 Å². The monoisotopic (exact) mass is 565 g/mol. The van der Waals surface area contributed by atoms with Crippen LogP contribution in [0.4, 0.5) is 34.3 Å². The van der Waals surface area contributed by atoms with E-state index in [-0.39, 0.29) is 37.2 Å². The van der Waals surface area contributed by atoms with E-state index in [0.717, 1.165) is 12.1 Å². The van der Waals surface area contributed by atoms with Gasteiger partial charge in [0.1, 0.15) is 17.2 Å². The van der Waals surface area contributed by atoms with E-state index in [2.05, 4.69) is 20.6 Å². The molecule has 1 saturated heterocycles. The number of benzene rings is 1. The zero-order valence-electron chi connectivity index (χ0n) is 22.9. The van der Waals surface area contributed by atoms with Gasteiger partial charge >= 0.3 is 18.3 Å². The van der Waals surface area contributed by atoms with E-state index in [4.69, 9.17) is 15.2 Å². The number of rotatable bonds is 5. The van der Waals surface area contributed by atoms with Gasteiger partial charge in [-0.2, -0.15) is 13.2 Å². The van der Waals surface area contributed by atoms with Crippen LogP contribution < -0.4 is 16.4 Å².